The Kier molecular flexibility index (Phi) is 12.2. The first-order chi connectivity index (χ1) is 20.5. The first kappa shape index (κ1) is 35.8. The van der Waals surface area contributed by atoms with Crippen LogP contribution in [0.1, 0.15) is 66.4 Å². The lowest BCUT2D eigenvalue weighted by Crippen LogP contribution is -2.52. The maximum Gasteiger partial charge on any atom is 0.407 e. The Balaban J connectivity index is 1.87. The SMILES string of the molecule is COc1ccc(S(=O)(=O)N(CC(O)[C@H](Cc2ccccc2)NC(=O)OC(C)(C)C)CC(C)(C)CCCC2(C)OCCO2)cc1. The number of sulfonamides is 1. The molecule has 44 heavy (non-hydrogen) atoms. The molecule has 1 fully saturated rings. The van der Waals surface area contributed by atoms with Crippen LogP contribution >= 0.6 is 0 Å². The molecule has 2 N–H and O–H groups in total. The molecule has 1 saturated heterocycles. The highest BCUT2D eigenvalue weighted by Gasteiger charge is 2.36. The Bertz CT molecular complexity index is 1290. The number of nitrogens with zero attached hydrogens (tertiary/aromatic N) is 1. The average Bonchev–Trinajstić information content (AvgIpc) is 3.37. The maximum absolute atomic E-state index is 14.1. The molecule has 1 amide bonds. The summed E-state index contributed by atoms with van der Waals surface area (Å²) in [6, 6.07) is 14.8. The molecule has 3 rings (SSSR count). The van der Waals surface area contributed by atoms with E-state index < -0.39 is 45.1 Å². The minimum atomic E-state index is -4.05. The molecule has 11 heteroatoms. The van der Waals surface area contributed by atoms with Crippen molar-refractivity contribution < 1.29 is 37.3 Å². The molecule has 2 atom stereocenters. The lowest BCUT2D eigenvalue weighted by atomic mass is 9.86. The summed E-state index contributed by atoms with van der Waals surface area (Å²) in [7, 11) is -2.53. The fourth-order valence-corrected chi connectivity index (χ4v) is 6.88. The summed E-state index contributed by atoms with van der Waals surface area (Å²) < 4.78 is 51.7. The molecule has 0 radical (unpaired) electrons. The number of carbonyl (C=O) groups is 1. The van der Waals surface area contributed by atoms with E-state index in [4.69, 9.17) is 18.9 Å². The van der Waals surface area contributed by atoms with Crippen LogP contribution in [0.25, 0.3) is 0 Å². The second kappa shape index (κ2) is 15.1. The standard InChI is InChI=1S/C33H50N2O8S/c1-31(2,3)43-30(37)34-28(22-25-12-9-8-10-13-25)29(36)23-35(44(38,39)27-16-14-26(40-7)15-17-27)24-32(4,5)18-11-19-33(6)41-20-21-42-33/h8-10,12-17,28-29,36H,11,18-24H2,1-7H3,(H,34,37)/t28-,29?/m0/s1. The molecule has 1 aliphatic heterocycles. The summed E-state index contributed by atoms with van der Waals surface area (Å²) in [5.41, 5.74) is -0.324. The molecule has 1 heterocycles. The average molecular weight is 635 g/mol. The zero-order valence-electron chi connectivity index (χ0n) is 27.2. The number of alkyl carbamates (subject to hydrolysis) is 1. The molecule has 1 unspecified atom stereocenters. The highest BCUT2D eigenvalue weighted by molar-refractivity contribution is 7.89. The van der Waals surface area contributed by atoms with Gasteiger partial charge in [0, 0.05) is 19.5 Å². The van der Waals surface area contributed by atoms with Crippen LogP contribution in [0.5, 0.6) is 5.75 Å². The van der Waals surface area contributed by atoms with Gasteiger partial charge in [0.2, 0.25) is 10.0 Å². The largest absolute Gasteiger partial charge is 0.497 e. The number of aliphatic hydroxyl groups is 1. The van der Waals surface area contributed by atoms with Gasteiger partial charge in [-0.2, -0.15) is 4.31 Å². The molecule has 1 aliphatic rings. The lowest BCUT2D eigenvalue weighted by Gasteiger charge is -2.35. The number of nitrogens with one attached hydrogen (secondary N) is 1. The van der Waals surface area contributed by atoms with Crippen molar-refractivity contribution in [2.24, 2.45) is 5.41 Å². The van der Waals surface area contributed by atoms with E-state index in [2.05, 4.69) is 5.32 Å². The van der Waals surface area contributed by atoms with Crippen molar-refractivity contribution in [2.45, 2.75) is 95.7 Å². The Morgan fingerprint density at radius 1 is 1.05 bits per heavy atom. The minimum absolute atomic E-state index is 0.0845. The topological polar surface area (TPSA) is 124 Å². The Morgan fingerprint density at radius 2 is 1.66 bits per heavy atom. The van der Waals surface area contributed by atoms with Crippen LogP contribution in [0.4, 0.5) is 4.79 Å². The molecule has 2 aromatic rings. The van der Waals surface area contributed by atoms with E-state index >= 15 is 0 Å². The van der Waals surface area contributed by atoms with Crippen molar-refractivity contribution in [3.05, 3.63) is 60.2 Å². The van der Waals surface area contributed by atoms with Crippen LogP contribution in [-0.4, -0.2) is 80.9 Å². The molecular formula is C33H50N2O8S. The molecule has 0 aliphatic carbocycles. The summed E-state index contributed by atoms with van der Waals surface area (Å²) in [5, 5.41) is 14.4. The number of hydrogen-bond acceptors (Lipinski definition) is 8. The third-order valence-corrected chi connectivity index (χ3v) is 9.37. The zero-order valence-corrected chi connectivity index (χ0v) is 28.0. The van der Waals surface area contributed by atoms with Crippen LogP contribution in [-0.2, 0) is 30.7 Å². The predicted molar refractivity (Wildman–Crippen MR) is 169 cm³/mol. The second-order valence-corrected chi connectivity index (χ2v) is 15.3. The quantitative estimate of drug-likeness (QED) is 0.276. The minimum Gasteiger partial charge on any atom is -0.497 e. The highest BCUT2D eigenvalue weighted by Crippen LogP contribution is 2.32. The van der Waals surface area contributed by atoms with Crippen LogP contribution in [0, 0.1) is 5.41 Å². The Hall–Kier alpha value is -2.70. The fourth-order valence-electron chi connectivity index (χ4n) is 5.24. The number of aliphatic hydroxyl groups excluding tert-OH is 1. The molecule has 0 bridgehead atoms. The summed E-state index contributed by atoms with van der Waals surface area (Å²) in [4.78, 5) is 12.9. The van der Waals surface area contributed by atoms with Gasteiger partial charge < -0.3 is 29.4 Å². The molecular weight excluding hydrogens is 584 g/mol. The summed E-state index contributed by atoms with van der Waals surface area (Å²) >= 11 is 0. The molecule has 246 valence electrons. The number of amides is 1. The van der Waals surface area contributed by atoms with Crippen LogP contribution in [0.15, 0.2) is 59.5 Å². The number of methoxy groups -OCH3 is 1. The van der Waals surface area contributed by atoms with Crippen LogP contribution < -0.4 is 10.1 Å². The zero-order chi connectivity index (χ0) is 32.6. The van der Waals surface area contributed by atoms with Crippen molar-refractivity contribution in [1.82, 2.24) is 9.62 Å². The van der Waals surface area contributed by atoms with Gasteiger partial charge in [0.25, 0.3) is 0 Å². The van der Waals surface area contributed by atoms with Crippen molar-refractivity contribution in [3.8, 4) is 5.75 Å². The van der Waals surface area contributed by atoms with E-state index in [0.29, 0.717) is 31.8 Å². The van der Waals surface area contributed by atoms with Crippen LogP contribution in [0.2, 0.25) is 0 Å². The van der Waals surface area contributed by atoms with E-state index in [1.807, 2.05) is 51.1 Å². The number of rotatable bonds is 15. The van der Waals surface area contributed by atoms with E-state index in [0.717, 1.165) is 12.0 Å². The molecule has 2 aromatic carbocycles. The Labute approximate surface area is 263 Å². The third-order valence-electron chi connectivity index (χ3n) is 7.54. The molecule has 0 aromatic heterocycles. The van der Waals surface area contributed by atoms with Gasteiger partial charge in [0.1, 0.15) is 11.4 Å². The Morgan fingerprint density at radius 3 is 2.23 bits per heavy atom. The number of benzene rings is 2. The number of carbonyl (C=O) groups excluding carboxylic acids is 1. The summed E-state index contributed by atoms with van der Waals surface area (Å²) in [6.45, 7) is 12.2. The van der Waals surface area contributed by atoms with Crippen molar-refractivity contribution in [1.29, 1.82) is 0 Å². The smallest absolute Gasteiger partial charge is 0.407 e. The summed E-state index contributed by atoms with van der Waals surface area (Å²) in [5.74, 6) is -0.0933. The van der Waals surface area contributed by atoms with E-state index in [-0.39, 0.29) is 24.4 Å². The molecule has 10 nitrogen and oxygen atoms in total. The van der Waals surface area contributed by atoms with Gasteiger partial charge in [-0.1, -0.05) is 44.2 Å². The monoisotopic (exact) mass is 634 g/mol. The lowest BCUT2D eigenvalue weighted by molar-refractivity contribution is -0.148. The van der Waals surface area contributed by atoms with Gasteiger partial charge in [0.05, 0.1) is 37.4 Å². The van der Waals surface area contributed by atoms with Gasteiger partial charge in [-0.15, -0.1) is 0 Å². The molecule has 0 saturated carbocycles. The van der Waals surface area contributed by atoms with E-state index in [1.165, 1.54) is 23.5 Å². The number of hydrogen-bond donors (Lipinski definition) is 2. The van der Waals surface area contributed by atoms with Gasteiger partial charge in [-0.05, 0) is 82.2 Å². The van der Waals surface area contributed by atoms with Crippen LogP contribution in [0.3, 0.4) is 0 Å². The van der Waals surface area contributed by atoms with Gasteiger partial charge in [0.15, 0.2) is 5.79 Å². The number of ether oxygens (including phenoxy) is 4. The van der Waals surface area contributed by atoms with Gasteiger partial charge >= 0.3 is 6.09 Å². The second-order valence-electron chi connectivity index (χ2n) is 13.3. The normalized spacial score (nSPS) is 16.8. The van der Waals surface area contributed by atoms with Crippen molar-refractivity contribution in [3.63, 3.8) is 0 Å². The van der Waals surface area contributed by atoms with Gasteiger partial charge in [-0.25, -0.2) is 13.2 Å². The first-order valence-electron chi connectivity index (χ1n) is 15.2. The van der Waals surface area contributed by atoms with E-state index in [1.54, 1.807) is 32.9 Å². The maximum atomic E-state index is 14.1. The highest BCUT2D eigenvalue weighted by atomic mass is 32.2. The van der Waals surface area contributed by atoms with Crippen molar-refractivity contribution in [2.75, 3.05) is 33.4 Å². The van der Waals surface area contributed by atoms with E-state index in [9.17, 15) is 18.3 Å². The predicted octanol–water partition coefficient (Wildman–Crippen LogP) is 5.14. The first-order valence-corrected chi connectivity index (χ1v) is 16.6. The summed E-state index contributed by atoms with van der Waals surface area (Å²) in [6.07, 6.45) is 0.490. The van der Waals surface area contributed by atoms with Crippen molar-refractivity contribution >= 4 is 16.1 Å². The molecule has 0 spiro atoms. The van der Waals surface area contributed by atoms with Gasteiger partial charge in [-0.3, -0.25) is 0 Å². The third kappa shape index (κ3) is 11.0. The fraction of sp³-hybridized carbons (Fsp3) is 0.606.